The van der Waals surface area contributed by atoms with Gasteiger partial charge in [-0.15, -0.1) is 0 Å². The standard InChI is InChI=1S/C23H23ClN4O4S/c1-15-11-12-17(13-21(15)33(31,32)28-19-10-6-5-9-18(19)24)26-22(29)14-20(27-23(25)30)16-7-3-2-4-8-16/h2-13,20,28H,14H2,1H3,(H,26,29)(H3,25,27,30). The molecule has 172 valence electrons. The predicted octanol–water partition coefficient (Wildman–Crippen LogP) is 4.19. The van der Waals surface area contributed by atoms with Crippen molar-refractivity contribution in [3.8, 4) is 0 Å². The normalized spacial score (nSPS) is 11.9. The molecule has 0 saturated heterocycles. The largest absolute Gasteiger partial charge is 0.352 e. The van der Waals surface area contributed by atoms with E-state index in [0.717, 1.165) is 0 Å². The summed E-state index contributed by atoms with van der Waals surface area (Å²) in [7, 11) is -3.97. The average Bonchev–Trinajstić information content (AvgIpc) is 2.76. The maximum atomic E-state index is 13.0. The highest BCUT2D eigenvalue weighted by Crippen LogP contribution is 2.27. The number of nitrogens with one attached hydrogen (secondary N) is 3. The van der Waals surface area contributed by atoms with Crippen LogP contribution in [0.2, 0.25) is 5.02 Å². The molecule has 1 atom stereocenters. The molecule has 33 heavy (non-hydrogen) atoms. The Kier molecular flexibility index (Phi) is 7.57. The summed E-state index contributed by atoms with van der Waals surface area (Å²) in [4.78, 5) is 24.1. The van der Waals surface area contributed by atoms with Crippen LogP contribution >= 0.6 is 11.6 Å². The number of amides is 3. The number of sulfonamides is 1. The number of primary amides is 1. The Hall–Kier alpha value is -3.56. The molecule has 3 amide bonds. The third-order valence-electron chi connectivity index (χ3n) is 4.79. The van der Waals surface area contributed by atoms with Gasteiger partial charge in [0.2, 0.25) is 5.91 Å². The molecule has 0 bridgehead atoms. The third kappa shape index (κ3) is 6.47. The fourth-order valence-electron chi connectivity index (χ4n) is 3.22. The number of hydrogen-bond donors (Lipinski definition) is 4. The lowest BCUT2D eigenvalue weighted by Crippen LogP contribution is -2.35. The zero-order chi connectivity index (χ0) is 24.0. The Morgan fingerprint density at radius 2 is 1.67 bits per heavy atom. The third-order valence-corrected chi connectivity index (χ3v) is 6.62. The van der Waals surface area contributed by atoms with Crippen molar-refractivity contribution in [3.63, 3.8) is 0 Å². The first kappa shape index (κ1) is 24.1. The monoisotopic (exact) mass is 486 g/mol. The molecule has 0 aliphatic heterocycles. The minimum Gasteiger partial charge on any atom is -0.352 e. The van der Waals surface area contributed by atoms with Crippen molar-refractivity contribution >= 4 is 44.9 Å². The zero-order valence-corrected chi connectivity index (χ0v) is 19.3. The Bertz CT molecular complexity index is 1270. The Morgan fingerprint density at radius 3 is 2.33 bits per heavy atom. The van der Waals surface area contributed by atoms with Gasteiger partial charge in [0.1, 0.15) is 0 Å². The van der Waals surface area contributed by atoms with Crippen LogP contribution in [-0.4, -0.2) is 20.4 Å². The molecule has 3 rings (SSSR count). The number of hydrogen-bond acceptors (Lipinski definition) is 4. The number of rotatable bonds is 8. The van der Waals surface area contributed by atoms with Gasteiger partial charge in [0.15, 0.2) is 0 Å². The van der Waals surface area contributed by atoms with Gasteiger partial charge in [0, 0.05) is 5.69 Å². The summed E-state index contributed by atoms with van der Waals surface area (Å²) >= 11 is 6.07. The van der Waals surface area contributed by atoms with Gasteiger partial charge < -0.3 is 16.4 Å². The van der Waals surface area contributed by atoms with Crippen molar-refractivity contribution in [2.24, 2.45) is 5.73 Å². The van der Waals surface area contributed by atoms with Gasteiger partial charge in [-0.05, 0) is 42.3 Å². The lowest BCUT2D eigenvalue weighted by atomic mass is 10.0. The van der Waals surface area contributed by atoms with Gasteiger partial charge in [0.05, 0.1) is 28.1 Å². The fourth-order valence-corrected chi connectivity index (χ4v) is 4.81. The van der Waals surface area contributed by atoms with Crippen LogP contribution in [0.3, 0.4) is 0 Å². The number of aryl methyl sites for hydroxylation is 1. The molecule has 0 aromatic heterocycles. The summed E-state index contributed by atoms with van der Waals surface area (Å²) in [6, 6.07) is 18.6. The second kappa shape index (κ2) is 10.4. The number of carbonyl (C=O) groups is 2. The van der Waals surface area contributed by atoms with Gasteiger partial charge in [-0.1, -0.05) is 60.1 Å². The molecule has 5 N–H and O–H groups in total. The number of anilines is 2. The maximum absolute atomic E-state index is 13.0. The molecule has 0 spiro atoms. The first-order valence-electron chi connectivity index (χ1n) is 9.94. The Balaban J connectivity index is 1.79. The number of carbonyl (C=O) groups excluding carboxylic acids is 2. The van der Waals surface area contributed by atoms with Crippen molar-refractivity contribution in [2.45, 2.75) is 24.3 Å². The number of nitrogens with two attached hydrogens (primary N) is 1. The second-order valence-corrected chi connectivity index (χ2v) is 9.35. The Labute approximate surface area is 197 Å². The van der Waals surface area contributed by atoms with Crippen LogP contribution in [0.15, 0.2) is 77.7 Å². The van der Waals surface area contributed by atoms with Crippen molar-refractivity contribution in [3.05, 3.63) is 88.9 Å². The molecule has 10 heteroatoms. The molecule has 0 aliphatic rings. The van der Waals surface area contributed by atoms with Crippen LogP contribution in [-0.2, 0) is 14.8 Å². The van der Waals surface area contributed by atoms with Crippen molar-refractivity contribution in [2.75, 3.05) is 10.0 Å². The van der Waals surface area contributed by atoms with Crippen LogP contribution in [0.25, 0.3) is 0 Å². The smallest absolute Gasteiger partial charge is 0.312 e. The molecule has 8 nitrogen and oxygen atoms in total. The summed E-state index contributed by atoms with van der Waals surface area (Å²) in [6.45, 7) is 1.65. The Morgan fingerprint density at radius 1 is 1.00 bits per heavy atom. The predicted molar refractivity (Wildman–Crippen MR) is 129 cm³/mol. The van der Waals surface area contributed by atoms with Crippen LogP contribution in [0.4, 0.5) is 16.2 Å². The molecule has 3 aromatic rings. The van der Waals surface area contributed by atoms with E-state index < -0.39 is 28.0 Å². The first-order chi connectivity index (χ1) is 15.7. The molecular formula is C23H23ClN4O4S. The number of halogens is 1. The minimum atomic E-state index is -3.97. The topological polar surface area (TPSA) is 130 Å². The summed E-state index contributed by atoms with van der Waals surface area (Å²) < 4.78 is 28.4. The van der Waals surface area contributed by atoms with Gasteiger partial charge >= 0.3 is 6.03 Å². The summed E-state index contributed by atoms with van der Waals surface area (Å²) in [5, 5.41) is 5.49. The van der Waals surface area contributed by atoms with E-state index in [1.165, 1.54) is 6.07 Å². The second-order valence-electron chi connectivity index (χ2n) is 7.29. The van der Waals surface area contributed by atoms with Crippen molar-refractivity contribution in [1.82, 2.24) is 5.32 Å². The highest BCUT2D eigenvalue weighted by molar-refractivity contribution is 7.92. The van der Waals surface area contributed by atoms with E-state index >= 15 is 0 Å². The van der Waals surface area contributed by atoms with E-state index in [4.69, 9.17) is 17.3 Å². The molecule has 3 aromatic carbocycles. The van der Waals surface area contributed by atoms with Crippen molar-refractivity contribution in [1.29, 1.82) is 0 Å². The summed E-state index contributed by atoms with van der Waals surface area (Å²) in [6.07, 6.45) is -0.0964. The number of para-hydroxylation sites is 1. The van der Waals surface area contributed by atoms with E-state index in [0.29, 0.717) is 11.1 Å². The van der Waals surface area contributed by atoms with Crippen molar-refractivity contribution < 1.29 is 18.0 Å². The van der Waals surface area contributed by atoms with E-state index in [1.54, 1.807) is 67.6 Å². The van der Waals surface area contributed by atoms with Gasteiger partial charge in [-0.25, -0.2) is 13.2 Å². The lowest BCUT2D eigenvalue weighted by molar-refractivity contribution is -0.116. The van der Waals surface area contributed by atoms with E-state index in [1.807, 2.05) is 6.07 Å². The van der Waals surface area contributed by atoms with Gasteiger partial charge in [-0.3, -0.25) is 9.52 Å². The highest BCUT2D eigenvalue weighted by Gasteiger charge is 2.21. The highest BCUT2D eigenvalue weighted by atomic mass is 35.5. The number of urea groups is 1. The molecule has 0 radical (unpaired) electrons. The lowest BCUT2D eigenvalue weighted by Gasteiger charge is -2.18. The SMILES string of the molecule is Cc1ccc(NC(=O)CC(NC(N)=O)c2ccccc2)cc1S(=O)(=O)Nc1ccccc1Cl. The van der Waals surface area contributed by atoms with Crippen LogP contribution in [0, 0.1) is 6.92 Å². The average molecular weight is 487 g/mol. The molecular weight excluding hydrogens is 464 g/mol. The molecule has 0 aliphatic carbocycles. The summed E-state index contributed by atoms with van der Waals surface area (Å²) in [5.74, 6) is -0.427. The molecule has 0 heterocycles. The van der Waals surface area contributed by atoms with E-state index in [2.05, 4.69) is 15.4 Å². The van der Waals surface area contributed by atoms with Gasteiger partial charge in [-0.2, -0.15) is 0 Å². The molecule has 1 unspecified atom stereocenters. The van der Waals surface area contributed by atoms with E-state index in [-0.39, 0.29) is 27.7 Å². The minimum absolute atomic E-state index is 0.00455. The fraction of sp³-hybridized carbons (Fsp3) is 0.130. The number of benzene rings is 3. The summed E-state index contributed by atoms with van der Waals surface area (Å²) in [5.41, 5.74) is 6.99. The molecule has 0 fully saturated rings. The van der Waals surface area contributed by atoms with Gasteiger partial charge in [0.25, 0.3) is 10.0 Å². The maximum Gasteiger partial charge on any atom is 0.312 e. The van der Waals surface area contributed by atoms with E-state index in [9.17, 15) is 18.0 Å². The van der Waals surface area contributed by atoms with Crippen LogP contribution in [0.5, 0.6) is 0 Å². The van der Waals surface area contributed by atoms with Crippen LogP contribution < -0.4 is 21.1 Å². The molecule has 0 saturated carbocycles. The van der Waals surface area contributed by atoms with Crippen LogP contribution in [0.1, 0.15) is 23.6 Å². The quantitative estimate of drug-likeness (QED) is 0.380. The first-order valence-corrected chi connectivity index (χ1v) is 11.8. The zero-order valence-electron chi connectivity index (χ0n) is 17.7.